The van der Waals surface area contributed by atoms with E-state index in [2.05, 4.69) is 11.3 Å². The fourth-order valence-corrected chi connectivity index (χ4v) is 4.16. The summed E-state index contributed by atoms with van der Waals surface area (Å²) >= 11 is 0. The van der Waals surface area contributed by atoms with Gasteiger partial charge in [0.2, 0.25) is 0 Å². The summed E-state index contributed by atoms with van der Waals surface area (Å²) in [5, 5.41) is 0. The minimum absolute atomic E-state index is 0.0176. The molecule has 3 rings (SSSR count). The van der Waals surface area contributed by atoms with Crippen LogP contribution in [0.5, 0.6) is 11.5 Å². The number of nitrogens with zero attached hydrogens (tertiary/aromatic N) is 1. The molecular weight excluding hydrogens is 448 g/mol. The highest BCUT2D eigenvalue weighted by molar-refractivity contribution is 7.92. The fourth-order valence-electron chi connectivity index (χ4n) is 3.08. The van der Waals surface area contributed by atoms with Crippen LogP contribution in [0.15, 0.2) is 59.5 Å². The number of hydrogen-bond donors (Lipinski definition) is 1. The molecule has 0 saturated carbocycles. The van der Waals surface area contributed by atoms with E-state index >= 15 is 0 Å². The SMILES string of the molecule is C=C(C)CN(CC)C(=O)COC(=O)c1ccc(NS(=O)(=O)c2ccc3c(c2)OCCO3)cc1. The first-order valence-corrected chi connectivity index (χ1v) is 11.8. The molecule has 33 heavy (non-hydrogen) atoms. The van der Waals surface area contributed by atoms with Gasteiger partial charge in [-0.1, -0.05) is 12.2 Å². The Balaban J connectivity index is 1.61. The maximum atomic E-state index is 12.7. The van der Waals surface area contributed by atoms with Gasteiger partial charge in [-0.15, -0.1) is 0 Å². The molecule has 1 heterocycles. The van der Waals surface area contributed by atoms with Gasteiger partial charge in [-0.25, -0.2) is 13.2 Å². The van der Waals surface area contributed by atoms with E-state index in [1.54, 1.807) is 6.07 Å². The number of carbonyl (C=O) groups excluding carboxylic acids is 2. The van der Waals surface area contributed by atoms with Gasteiger partial charge in [0.15, 0.2) is 18.1 Å². The molecule has 2 aromatic rings. The molecule has 1 aliphatic heterocycles. The van der Waals surface area contributed by atoms with E-state index in [0.29, 0.717) is 37.8 Å². The lowest BCUT2D eigenvalue weighted by Gasteiger charge is -2.20. The third-order valence-electron chi connectivity index (χ3n) is 4.72. The molecule has 0 bridgehead atoms. The van der Waals surface area contributed by atoms with Crippen LogP contribution in [-0.4, -0.2) is 58.1 Å². The van der Waals surface area contributed by atoms with Crippen molar-refractivity contribution < 1.29 is 32.2 Å². The van der Waals surface area contributed by atoms with E-state index in [1.165, 1.54) is 41.3 Å². The van der Waals surface area contributed by atoms with Crippen molar-refractivity contribution in [3.05, 3.63) is 60.2 Å². The highest BCUT2D eigenvalue weighted by Crippen LogP contribution is 2.32. The largest absolute Gasteiger partial charge is 0.486 e. The molecule has 0 saturated heterocycles. The third-order valence-corrected chi connectivity index (χ3v) is 6.10. The van der Waals surface area contributed by atoms with Gasteiger partial charge in [-0.2, -0.15) is 0 Å². The smallest absolute Gasteiger partial charge is 0.338 e. The highest BCUT2D eigenvalue weighted by Gasteiger charge is 2.20. The van der Waals surface area contributed by atoms with Crippen LogP contribution in [-0.2, 0) is 19.6 Å². The van der Waals surface area contributed by atoms with Crippen molar-refractivity contribution in [3.63, 3.8) is 0 Å². The van der Waals surface area contributed by atoms with E-state index < -0.39 is 22.6 Å². The van der Waals surface area contributed by atoms with Crippen molar-refractivity contribution in [3.8, 4) is 11.5 Å². The number of likely N-dealkylation sites (N-methyl/N-ethyl adjacent to an activating group) is 1. The van der Waals surface area contributed by atoms with Crippen LogP contribution < -0.4 is 14.2 Å². The summed E-state index contributed by atoms with van der Waals surface area (Å²) in [5.74, 6) is -0.154. The van der Waals surface area contributed by atoms with Crippen molar-refractivity contribution in [1.82, 2.24) is 4.90 Å². The predicted octanol–water partition coefficient (Wildman–Crippen LogP) is 2.84. The Morgan fingerprint density at radius 2 is 1.76 bits per heavy atom. The van der Waals surface area contributed by atoms with Gasteiger partial charge < -0.3 is 19.1 Å². The van der Waals surface area contributed by atoms with Crippen LogP contribution >= 0.6 is 0 Å². The summed E-state index contributed by atoms with van der Waals surface area (Å²) in [5.41, 5.74) is 1.27. The first-order valence-electron chi connectivity index (χ1n) is 10.3. The number of benzene rings is 2. The van der Waals surface area contributed by atoms with Crippen LogP contribution in [0.25, 0.3) is 0 Å². The minimum atomic E-state index is -3.88. The van der Waals surface area contributed by atoms with Crippen LogP contribution in [0, 0.1) is 0 Å². The number of rotatable bonds is 9. The third kappa shape index (κ3) is 6.26. The molecule has 0 unspecified atom stereocenters. The molecule has 0 atom stereocenters. The van der Waals surface area contributed by atoms with Gasteiger partial charge in [0, 0.05) is 24.8 Å². The summed E-state index contributed by atoms with van der Waals surface area (Å²) in [6.45, 7) is 8.65. The zero-order chi connectivity index (χ0) is 24.0. The number of sulfonamides is 1. The molecule has 1 amide bonds. The van der Waals surface area contributed by atoms with Gasteiger partial charge in [0.05, 0.1) is 10.5 Å². The van der Waals surface area contributed by atoms with Crippen molar-refractivity contribution in [2.45, 2.75) is 18.7 Å². The summed E-state index contributed by atoms with van der Waals surface area (Å²) in [4.78, 5) is 26.0. The van der Waals surface area contributed by atoms with Crippen LogP contribution in [0.3, 0.4) is 0 Å². The number of hydrogen-bond acceptors (Lipinski definition) is 7. The summed E-state index contributed by atoms with van der Waals surface area (Å²) in [6, 6.07) is 10.1. The number of carbonyl (C=O) groups is 2. The average molecular weight is 475 g/mol. The Morgan fingerprint density at radius 1 is 1.09 bits per heavy atom. The highest BCUT2D eigenvalue weighted by atomic mass is 32.2. The molecule has 0 aromatic heterocycles. The van der Waals surface area contributed by atoms with Gasteiger partial charge >= 0.3 is 5.97 Å². The Morgan fingerprint density at radius 3 is 2.39 bits per heavy atom. The van der Waals surface area contributed by atoms with E-state index in [0.717, 1.165) is 5.57 Å². The van der Waals surface area contributed by atoms with Crippen molar-refractivity contribution in [2.75, 3.05) is 37.6 Å². The van der Waals surface area contributed by atoms with Gasteiger partial charge in [-0.3, -0.25) is 9.52 Å². The second-order valence-electron chi connectivity index (χ2n) is 7.43. The van der Waals surface area contributed by atoms with Crippen molar-refractivity contribution in [2.24, 2.45) is 0 Å². The molecule has 1 N–H and O–H groups in total. The van der Waals surface area contributed by atoms with E-state index in [1.807, 2.05) is 13.8 Å². The zero-order valence-corrected chi connectivity index (χ0v) is 19.3. The summed E-state index contributed by atoms with van der Waals surface area (Å²) in [6.07, 6.45) is 0. The van der Waals surface area contributed by atoms with Gasteiger partial charge in [0.1, 0.15) is 13.2 Å². The molecule has 0 spiro atoms. The fraction of sp³-hybridized carbons (Fsp3) is 0.304. The maximum Gasteiger partial charge on any atom is 0.338 e. The lowest BCUT2D eigenvalue weighted by atomic mass is 10.2. The lowest BCUT2D eigenvalue weighted by molar-refractivity contribution is -0.133. The molecule has 0 radical (unpaired) electrons. The molecular formula is C23H26N2O7S. The number of anilines is 1. The van der Waals surface area contributed by atoms with E-state index in [-0.39, 0.29) is 22.1 Å². The van der Waals surface area contributed by atoms with Crippen molar-refractivity contribution in [1.29, 1.82) is 0 Å². The molecule has 176 valence electrons. The number of amides is 1. The van der Waals surface area contributed by atoms with Crippen LogP contribution in [0.1, 0.15) is 24.2 Å². The first kappa shape index (κ1) is 24.1. The monoisotopic (exact) mass is 474 g/mol. The number of nitrogens with one attached hydrogen (secondary N) is 1. The number of ether oxygens (including phenoxy) is 3. The van der Waals surface area contributed by atoms with Gasteiger partial charge in [-0.05, 0) is 50.2 Å². The van der Waals surface area contributed by atoms with Crippen LogP contribution in [0.2, 0.25) is 0 Å². The molecule has 9 nitrogen and oxygen atoms in total. The van der Waals surface area contributed by atoms with E-state index in [9.17, 15) is 18.0 Å². The molecule has 2 aromatic carbocycles. The predicted molar refractivity (Wildman–Crippen MR) is 122 cm³/mol. The Kier molecular flexibility index (Phi) is 7.59. The van der Waals surface area contributed by atoms with Gasteiger partial charge in [0.25, 0.3) is 15.9 Å². The summed E-state index contributed by atoms with van der Waals surface area (Å²) < 4.78 is 43.8. The number of esters is 1. The average Bonchev–Trinajstić information content (AvgIpc) is 2.80. The van der Waals surface area contributed by atoms with Crippen molar-refractivity contribution >= 4 is 27.6 Å². The minimum Gasteiger partial charge on any atom is -0.486 e. The number of fused-ring (bicyclic) bond motifs is 1. The molecule has 0 aliphatic carbocycles. The molecule has 0 fully saturated rings. The second kappa shape index (κ2) is 10.4. The first-order chi connectivity index (χ1) is 15.7. The standard InChI is InChI=1S/C23H26N2O7S/c1-4-25(14-16(2)3)22(26)15-32-23(27)17-5-7-18(8-6-17)24-33(28,29)19-9-10-20-21(13-19)31-12-11-30-20/h5-10,13,24H,2,4,11-12,14-15H2,1,3H3. The lowest BCUT2D eigenvalue weighted by Crippen LogP contribution is -2.35. The van der Waals surface area contributed by atoms with Crippen LogP contribution in [0.4, 0.5) is 5.69 Å². The Labute approximate surface area is 193 Å². The Hall–Kier alpha value is -3.53. The topological polar surface area (TPSA) is 111 Å². The second-order valence-corrected chi connectivity index (χ2v) is 9.11. The maximum absolute atomic E-state index is 12.7. The Bertz CT molecular complexity index is 1140. The summed E-state index contributed by atoms with van der Waals surface area (Å²) in [7, 11) is -3.88. The zero-order valence-electron chi connectivity index (χ0n) is 18.5. The molecule has 10 heteroatoms. The quantitative estimate of drug-likeness (QED) is 0.439. The normalized spacial score (nSPS) is 12.5. The molecule has 1 aliphatic rings. The van der Waals surface area contributed by atoms with E-state index in [4.69, 9.17) is 14.2 Å².